The van der Waals surface area contributed by atoms with Gasteiger partial charge in [-0.1, -0.05) is 41.5 Å². The molecule has 1 aromatic heterocycles. The molecule has 0 atom stereocenters. The third-order valence-corrected chi connectivity index (χ3v) is 5.42. The van der Waals surface area contributed by atoms with Crippen LogP contribution in [0.2, 0.25) is 0 Å². The van der Waals surface area contributed by atoms with E-state index in [0.29, 0.717) is 32.1 Å². The molecule has 4 rings (SSSR count). The molecule has 3 aromatic carbocycles. The number of nitrogens with zero attached hydrogens (tertiary/aromatic N) is 3. The summed E-state index contributed by atoms with van der Waals surface area (Å²) in [5, 5.41) is 11.1. The predicted octanol–water partition coefficient (Wildman–Crippen LogP) is 4.78. The van der Waals surface area contributed by atoms with Crippen molar-refractivity contribution >= 4 is 33.1 Å². The maximum Gasteiger partial charge on any atom is 0.279 e. The Morgan fingerprint density at radius 1 is 1.10 bits per heavy atom. The number of para-hydroxylation sites is 1. The van der Waals surface area contributed by atoms with Crippen LogP contribution in [0.3, 0.4) is 0 Å². The van der Waals surface area contributed by atoms with Crippen molar-refractivity contribution in [2.24, 2.45) is 4.99 Å². The summed E-state index contributed by atoms with van der Waals surface area (Å²) < 4.78 is 8.09. The first-order valence-corrected chi connectivity index (χ1v) is 10.00. The van der Waals surface area contributed by atoms with Gasteiger partial charge in [-0.3, -0.25) is 14.9 Å². The van der Waals surface area contributed by atoms with E-state index in [9.17, 15) is 14.9 Å². The van der Waals surface area contributed by atoms with E-state index >= 15 is 0 Å². The molecule has 0 fully saturated rings. The zero-order valence-electron chi connectivity index (χ0n) is 16.1. The van der Waals surface area contributed by atoms with Crippen molar-refractivity contribution in [2.75, 3.05) is 0 Å². The maximum atomic E-state index is 12.8. The normalized spacial score (nSPS) is 11.3. The second-order valence-electron chi connectivity index (χ2n) is 6.44. The summed E-state index contributed by atoms with van der Waals surface area (Å²) in [6, 6.07) is 20.4. The number of nitro benzene ring substituents is 1. The predicted molar refractivity (Wildman–Crippen MR) is 118 cm³/mol. The minimum Gasteiger partial charge on any atom is -0.457 e. The number of amides is 1. The molecule has 0 aliphatic rings. The van der Waals surface area contributed by atoms with E-state index in [1.54, 1.807) is 34.9 Å². The Labute approximate surface area is 181 Å². The molecule has 0 bridgehead atoms. The third kappa shape index (κ3) is 4.37. The number of aromatic nitrogens is 1. The Kier molecular flexibility index (Phi) is 5.60. The molecule has 0 spiro atoms. The first-order valence-electron chi connectivity index (χ1n) is 9.18. The molecule has 0 unspecified atom stereocenters. The second-order valence-corrected chi connectivity index (χ2v) is 7.45. The van der Waals surface area contributed by atoms with Gasteiger partial charge in [0.1, 0.15) is 11.5 Å². The highest BCUT2D eigenvalue weighted by Gasteiger charge is 2.13. The van der Waals surface area contributed by atoms with Gasteiger partial charge in [-0.25, -0.2) is 0 Å². The second kappa shape index (κ2) is 8.65. The van der Waals surface area contributed by atoms with Gasteiger partial charge in [0.15, 0.2) is 4.80 Å². The first kappa shape index (κ1) is 20.1. The lowest BCUT2D eigenvalue weighted by Crippen LogP contribution is -2.16. The number of hydrogen-bond acceptors (Lipinski definition) is 5. The number of thiazole rings is 1. The smallest absolute Gasteiger partial charge is 0.279 e. The van der Waals surface area contributed by atoms with E-state index in [-0.39, 0.29) is 12.2 Å². The van der Waals surface area contributed by atoms with Crippen molar-refractivity contribution in [1.82, 2.24) is 4.57 Å². The number of ether oxygens (including phenoxy) is 1. The number of hydrogen-bond donors (Lipinski definition) is 0. The highest BCUT2D eigenvalue weighted by atomic mass is 32.1. The Bertz CT molecular complexity index is 1400. The van der Waals surface area contributed by atoms with Crippen LogP contribution in [0.1, 0.15) is 10.4 Å². The Morgan fingerprint density at radius 3 is 2.61 bits per heavy atom. The van der Waals surface area contributed by atoms with Crippen LogP contribution in [0.5, 0.6) is 11.5 Å². The summed E-state index contributed by atoms with van der Waals surface area (Å²) in [7, 11) is 0. The number of nitro groups is 1. The average molecular weight is 429 g/mol. The third-order valence-electron chi connectivity index (χ3n) is 4.38. The summed E-state index contributed by atoms with van der Waals surface area (Å²) in [4.78, 5) is 28.0. The van der Waals surface area contributed by atoms with Gasteiger partial charge >= 0.3 is 0 Å². The fourth-order valence-corrected chi connectivity index (χ4v) is 4.03. The van der Waals surface area contributed by atoms with Crippen LogP contribution in [0, 0.1) is 22.5 Å². The zero-order chi connectivity index (χ0) is 21.8. The van der Waals surface area contributed by atoms with Crippen molar-refractivity contribution in [2.45, 2.75) is 6.54 Å². The fourth-order valence-electron chi connectivity index (χ4n) is 2.97. The average Bonchev–Trinajstić information content (AvgIpc) is 3.11. The molecule has 0 aliphatic carbocycles. The van der Waals surface area contributed by atoms with Crippen molar-refractivity contribution in [3.05, 3.63) is 93.3 Å². The van der Waals surface area contributed by atoms with Crippen LogP contribution >= 0.6 is 11.3 Å². The molecule has 1 heterocycles. The molecule has 31 heavy (non-hydrogen) atoms. The number of non-ortho nitro benzene ring substituents is 1. The van der Waals surface area contributed by atoms with Crippen molar-refractivity contribution in [3.8, 4) is 23.8 Å². The molecule has 8 heteroatoms. The first-order chi connectivity index (χ1) is 15.0. The van der Waals surface area contributed by atoms with Crippen LogP contribution in [-0.4, -0.2) is 15.4 Å². The molecule has 0 aliphatic heterocycles. The van der Waals surface area contributed by atoms with Gasteiger partial charge < -0.3 is 9.30 Å². The minimum atomic E-state index is -0.467. The quantitative estimate of drug-likeness (QED) is 0.260. The molecule has 4 aromatic rings. The van der Waals surface area contributed by atoms with E-state index in [2.05, 4.69) is 10.9 Å². The van der Waals surface area contributed by atoms with Crippen LogP contribution in [0.4, 0.5) is 5.69 Å². The van der Waals surface area contributed by atoms with Crippen LogP contribution in [-0.2, 0) is 6.54 Å². The molecule has 1 amide bonds. The lowest BCUT2D eigenvalue weighted by atomic mass is 10.2. The summed E-state index contributed by atoms with van der Waals surface area (Å²) in [5.74, 6) is 3.23. The van der Waals surface area contributed by atoms with E-state index < -0.39 is 10.8 Å². The number of carbonyl (C=O) groups is 1. The van der Waals surface area contributed by atoms with Gasteiger partial charge in [-0.2, -0.15) is 4.99 Å². The molecule has 0 saturated heterocycles. The summed E-state index contributed by atoms with van der Waals surface area (Å²) in [6.07, 6.45) is 5.48. The molecular weight excluding hydrogens is 414 g/mol. The summed E-state index contributed by atoms with van der Waals surface area (Å²) in [6.45, 7) is 0.182. The van der Waals surface area contributed by atoms with Crippen molar-refractivity contribution < 1.29 is 14.5 Å². The standard InChI is InChI=1S/C23H15N3O4S/c1-2-13-25-20-12-11-17(26(28)29)15-21(20)31-23(25)24-22(27)16-7-6-10-19(14-16)30-18-8-4-3-5-9-18/h1,3-12,14-15H,13H2. The van der Waals surface area contributed by atoms with Gasteiger partial charge in [0.2, 0.25) is 0 Å². The van der Waals surface area contributed by atoms with Crippen LogP contribution < -0.4 is 9.54 Å². The molecule has 0 N–H and O–H groups in total. The van der Waals surface area contributed by atoms with Crippen LogP contribution in [0.15, 0.2) is 77.8 Å². The van der Waals surface area contributed by atoms with Gasteiger partial charge in [0, 0.05) is 17.7 Å². The topological polar surface area (TPSA) is 86.7 Å². The monoisotopic (exact) mass is 429 g/mol. The van der Waals surface area contributed by atoms with Crippen molar-refractivity contribution in [1.29, 1.82) is 0 Å². The Hall–Kier alpha value is -4.22. The molecule has 7 nitrogen and oxygen atoms in total. The number of carbonyl (C=O) groups excluding carboxylic acids is 1. The van der Waals surface area contributed by atoms with Gasteiger partial charge in [-0.15, -0.1) is 6.42 Å². The van der Waals surface area contributed by atoms with E-state index in [1.165, 1.54) is 23.5 Å². The number of rotatable bonds is 5. The number of terminal acetylenes is 1. The number of fused-ring (bicyclic) bond motifs is 1. The molecule has 0 saturated carbocycles. The van der Waals surface area contributed by atoms with E-state index in [0.717, 1.165) is 0 Å². The highest BCUT2D eigenvalue weighted by molar-refractivity contribution is 7.16. The Balaban J connectivity index is 1.72. The summed E-state index contributed by atoms with van der Waals surface area (Å²) in [5.41, 5.74) is 0.996. The van der Waals surface area contributed by atoms with Gasteiger partial charge in [0.05, 0.1) is 21.7 Å². The SMILES string of the molecule is C#CCn1c(=NC(=O)c2cccc(Oc3ccccc3)c2)sc2cc([N+](=O)[O-])ccc21. The zero-order valence-corrected chi connectivity index (χ0v) is 16.9. The van der Waals surface area contributed by atoms with Crippen LogP contribution in [0.25, 0.3) is 10.2 Å². The molecule has 152 valence electrons. The summed E-state index contributed by atoms with van der Waals surface area (Å²) >= 11 is 1.17. The largest absolute Gasteiger partial charge is 0.457 e. The lowest BCUT2D eigenvalue weighted by molar-refractivity contribution is -0.384. The van der Waals surface area contributed by atoms with Crippen molar-refractivity contribution in [3.63, 3.8) is 0 Å². The Morgan fingerprint density at radius 2 is 1.87 bits per heavy atom. The number of benzene rings is 3. The molecule has 0 radical (unpaired) electrons. The molecular formula is C23H15N3O4S. The van der Waals surface area contributed by atoms with Gasteiger partial charge in [-0.05, 0) is 36.4 Å². The lowest BCUT2D eigenvalue weighted by Gasteiger charge is -2.06. The fraction of sp³-hybridized carbons (Fsp3) is 0.0435. The maximum absolute atomic E-state index is 12.8. The van der Waals surface area contributed by atoms with Gasteiger partial charge in [0.25, 0.3) is 11.6 Å². The van der Waals surface area contributed by atoms with E-state index in [1.807, 2.05) is 30.3 Å². The van der Waals surface area contributed by atoms with E-state index in [4.69, 9.17) is 11.2 Å². The highest BCUT2D eigenvalue weighted by Crippen LogP contribution is 2.24. The minimum absolute atomic E-state index is 0.0368.